The highest BCUT2D eigenvalue weighted by molar-refractivity contribution is 5.73. The smallest absolute Gasteiger partial charge is 0.282 e. The zero-order chi connectivity index (χ0) is 34.5. The van der Waals surface area contributed by atoms with Crippen LogP contribution >= 0.6 is 0 Å². The Morgan fingerprint density at radius 1 is 0.980 bits per heavy atom. The van der Waals surface area contributed by atoms with Gasteiger partial charge in [-0.05, 0) is 74.3 Å². The Kier molecular flexibility index (Phi) is 8.05. The number of nitrogens with zero attached hydrogens (tertiary/aromatic N) is 10. The lowest BCUT2D eigenvalue weighted by molar-refractivity contribution is -0.0656. The highest BCUT2D eigenvalue weighted by atomic mass is 19.1. The second-order valence-electron chi connectivity index (χ2n) is 15.1. The number of hydrogen-bond donors (Lipinski definition) is 2. The van der Waals surface area contributed by atoms with Gasteiger partial charge in [0.2, 0.25) is 0 Å². The lowest BCUT2D eigenvalue weighted by atomic mass is 9.68. The number of likely N-dealkylation sites (tertiary alicyclic amines) is 1. The molecule has 0 radical (unpaired) electrons. The van der Waals surface area contributed by atoms with Gasteiger partial charge in [0.15, 0.2) is 5.82 Å². The highest BCUT2D eigenvalue weighted by Crippen LogP contribution is 2.49. The number of hydrogen-bond acceptors (Lipinski definition) is 12. The third kappa shape index (κ3) is 6.26. The van der Waals surface area contributed by atoms with Gasteiger partial charge < -0.3 is 15.0 Å². The Hall–Kier alpha value is -5.11. The van der Waals surface area contributed by atoms with Crippen LogP contribution < -0.4 is 15.0 Å². The number of benzene rings is 1. The zero-order valence-electron chi connectivity index (χ0n) is 28.8. The molecule has 1 aromatic carbocycles. The number of ether oxygens (including phenoxy) is 1. The molecule has 2 aliphatic heterocycles. The van der Waals surface area contributed by atoms with Gasteiger partial charge in [0.05, 0.1) is 23.3 Å². The minimum absolute atomic E-state index is 0.199. The van der Waals surface area contributed by atoms with Gasteiger partial charge in [0.1, 0.15) is 29.9 Å². The quantitative estimate of drug-likeness (QED) is 0.174. The molecule has 1 atom stereocenters. The maximum atomic E-state index is 14.6. The zero-order valence-corrected chi connectivity index (χ0v) is 28.8. The maximum Gasteiger partial charge on any atom is 0.282 e. The summed E-state index contributed by atoms with van der Waals surface area (Å²) in [6.45, 7) is 8.58. The number of H-pyrrole nitrogens is 1. The SMILES string of the molecule is CC(C)[C@H](C1CC(Nc2cnnc(-c3ccn[nH]3)c2)C1)N1CC2(CCN(c3ncnnc3Oc3ccc(F)cc3-c3cncnc3C3CC3)C2)C1. The van der Waals surface area contributed by atoms with Gasteiger partial charge in [-0.1, -0.05) is 13.8 Å². The predicted molar refractivity (Wildman–Crippen MR) is 189 cm³/mol. The van der Waals surface area contributed by atoms with E-state index in [1.165, 1.54) is 18.5 Å². The van der Waals surface area contributed by atoms with Crippen molar-refractivity contribution in [3.8, 4) is 34.1 Å². The minimum Gasteiger partial charge on any atom is -0.434 e. The van der Waals surface area contributed by atoms with Gasteiger partial charge in [-0.15, -0.1) is 15.3 Å². The van der Waals surface area contributed by atoms with E-state index in [1.807, 2.05) is 12.1 Å². The van der Waals surface area contributed by atoms with Crippen LogP contribution in [0.25, 0.3) is 22.5 Å². The number of rotatable bonds is 11. The molecule has 5 aromatic rings. The molecule has 4 aromatic heterocycles. The molecule has 13 nitrogen and oxygen atoms in total. The van der Waals surface area contributed by atoms with Crippen LogP contribution in [0.1, 0.15) is 57.6 Å². The van der Waals surface area contributed by atoms with Crippen LogP contribution in [0.2, 0.25) is 0 Å². The van der Waals surface area contributed by atoms with Crippen molar-refractivity contribution in [1.82, 2.24) is 50.4 Å². The van der Waals surface area contributed by atoms with Crippen molar-refractivity contribution in [1.29, 1.82) is 0 Å². The first kappa shape index (κ1) is 31.8. The molecule has 51 heavy (non-hydrogen) atoms. The van der Waals surface area contributed by atoms with E-state index in [0.717, 1.165) is 86.6 Å². The van der Waals surface area contributed by atoms with Crippen LogP contribution in [0.3, 0.4) is 0 Å². The maximum absolute atomic E-state index is 14.6. The van der Waals surface area contributed by atoms with Gasteiger partial charge in [0.25, 0.3) is 5.88 Å². The molecule has 2 aliphatic carbocycles. The molecule has 6 heterocycles. The standard InChI is InChI=1S/C37H41FN12O/c1-22(2)34(24-11-26(12-24)45-27-14-31(47-43-15-27)30-7-9-42-46-30)50-18-37(19-50)8-10-49(17-37)35-36(48-44-21-41-35)51-32-6-5-25(38)13-28(32)29-16-39-20-40-33(29)23-3-4-23/h5-7,9,13-16,20-24,26,34H,3-4,8,10-12,17-19H2,1-2H3,(H,42,46)(H,45,47)/t24?,26?,34-/m1/s1. The van der Waals surface area contributed by atoms with Gasteiger partial charge in [-0.3, -0.25) is 10.00 Å². The number of nitrogens with one attached hydrogen (secondary N) is 2. The second-order valence-corrected chi connectivity index (χ2v) is 15.1. The summed E-state index contributed by atoms with van der Waals surface area (Å²) in [4.78, 5) is 18.4. The number of anilines is 2. The summed E-state index contributed by atoms with van der Waals surface area (Å²) < 4.78 is 21.0. The van der Waals surface area contributed by atoms with Gasteiger partial charge in [-0.2, -0.15) is 10.2 Å². The van der Waals surface area contributed by atoms with Crippen LogP contribution in [0.4, 0.5) is 15.9 Å². The van der Waals surface area contributed by atoms with Crippen molar-refractivity contribution >= 4 is 11.5 Å². The Morgan fingerprint density at radius 3 is 2.67 bits per heavy atom. The topological polar surface area (TPSA) is 147 Å². The summed E-state index contributed by atoms with van der Waals surface area (Å²) in [5, 5.41) is 27.6. The van der Waals surface area contributed by atoms with Crippen molar-refractivity contribution in [2.45, 2.75) is 64.0 Å². The average molecular weight is 689 g/mol. The molecule has 0 bridgehead atoms. The summed E-state index contributed by atoms with van der Waals surface area (Å²) in [7, 11) is 0. The molecule has 262 valence electrons. The first-order chi connectivity index (χ1) is 24.9. The van der Waals surface area contributed by atoms with Crippen LogP contribution in [0.5, 0.6) is 11.6 Å². The largest absolute Gasteiger partial charge is 0.434 e. The summed E-state index contributed by atoms with van der Waals surface area (Å²) in [5.74, 6) is 2.68. The lowest BCUT2D eigenvalue weighted by Crippen LogP contribution is -2.65. The van der Waals surface area contributed by atoms with E-state index in [-0.39, 0.29) is 11.2 Å². The van der Waals surface area contributed by atoms with Crippen molar-refractivity contribution in [2.75, 3.05) is 36.4 Å². The molecule has 4 fully saturated rings. The van der Waals surface area contributed by atoms with E-state index in [2.05, 4.69) is 74.5 Å². The van der Waals surface area contributed by atoms with Crippen molar-refractivity contribution < 1.29 is 9.13 Å². The summed E-state index contributed by atoms with van der Waals surface area (Å²) in [6.07, 6.45) is 13.8. The molecule has 0 unspecified atom stereocenters. The monoisotopic (exact) mass is 688 g/mol. The molecule has 2 saturated carbocycles. The molecule has 0 amide bonds. The van der Waals surface area contributed by atoms with Crippen molar-refractivity contribution in [2.24, 2.45) is 17.3 Å². The lowest BCUT2D eigenvalue weighted by Gasteiger charge is -2.57. The number of aromatic amines is 1. The van der Waals surface area contributed by atoms with E-state index in [4.69, 9.17) is 4.74 Å². The van der Waals surface area contributed by atoms with Gasteiger partial charge >= 0.3 is 0 Å². The third-order valence-corrected chi connectivity index (χ3v) is 11.1. The van der Waals surface area contributed by atoms with Crippen LogP contribution in [-0.4, -0.2) is 88.7 Å². The van der Waals surface area contributed by atoms with Crippen LogP contribution in [0.15, 0.2) is 61.6 Å². The fraction of sp³-hybridized carbons (Fsp3) is 0.459. The molecule has 9 rings (SSSR count). The van der Waals surface area contributed by atoms with Crippen LogP contribution in [-0.2, 0) is 0 Å². The number of halogens is 1. The molecule has 1 spiro atoms. The highest BCUT2D eigenvalue weighted by Gasteiger charge is 2.53. The fourth-order valence-electron chi connectivity index (χ4n) is 8.61. The molecule has 2 N–H and O–H groups in total. The van der Waals surface area contributed by atoms with Crippen molar-refractivity contribution in [3.05, 3.63) is 73.1 Å². The van der Waals surface area contributed by atoms with Crippen molar-refractivity contribution in [3.63, 3.8) is 0 Å². The molecular formula is C37H41FN12O. The van der Waals surface area contributed by atoms with E-state index in [9.17, 15) is 4.39 Å². The van der Waals surface area contributed by atoms with E-state index < -0.39 is 0 Å². The van der Waals surface area contributed by atoms with E-state index >= 15 is 0 Å². The van der Waals surface area contributed by atoms with Gasteiger partial charge in [-0.25, -0.2) is 19.3 Å². The third-order valence-electron chi connectivity index (χ3n) is 11.1. The fourth-order valence-corrected chi connectivity index (χ4v) is 8.61. The van der Waals surface area contributed by atoms with Gasteiger partial charge in [0, 0.05) is 73.1 Å². The number of aromatic nitrogens is 9. The Bertz CT molecular complexity index is 2010. The summed E-state index contributed by atoms with van der Waals surface area (Å²) in [6, 6.07) is 9.42. The molecular weight excluding hydrogens is 647 g/mol. The van der Waals surface area contributed by atoms with E-state index in [0.29, 0.717) is 52.8 Å². The Labute approximate surface area is 295 Å². The van der Waals surface area contributed by atoms with E-state index in [1.54, 1.807) is 31.0 Å². The molecule has 4 aliphatic rings. The second kappa shape index (κ2) is 12.9. The first-order valence-corrected chi connectivity index (χ1v) is 17.9. The Balaban J connectivity index is 0.850. The predicted octanol–water partition coefficient (Wildman–Crippen LogP) is 5.74. The molecule has 2 saturated heterocycles. The summed E-state index contributed by atoms with van der Waals surface area (Å²) >= 11 is 0. The first-order valence-electron chi connectivity index (χ1n) is 17.9. The molecule has 14 heteroatoms. The Morgan fingerprint density at radius 2 is 1.86 bits per heavy atom. The minimum atomic E-state index is -0.351. The normalized spacial score (nSPS) is 21.8. The average Bonchev–Trinajstić information content (AvgIpc) is 3.61. The summed E-state index contributed by atoms with van der Waals surface area (Å²) in [5.41, 5.74) is 5.14. The van der Waals surface area contributed by atoms with Crippen LogP contribution in [0, 0.1) is 23.1 Å².